The van der Waals surface area contributed by atoms with Crippen LogP contribution in [-0.4, -0.2) is 6.61 Å². The Hall–Kier alpha value is -2.16. The summed E-state index contributed by atoms with van der Waals surface area (Å²) in [5, 5.41) is 0. The lowest BCUT2D eigenvalue weighted by molar-refractivity contribution is 0.300. The highest BCUT2D eigenvalue weighted by molar-refractivity contribution is 5.46. The van der Waals surface area contributed by atoms with Crippen LogP contribution < -0.4 is 15.2 Å². The second-order valence-corrected chi connectivity index (χ2v) is 3.90. The van der Waals surface area contributed by atoms with Crippen LogP contribution >= 0.6 is 0 Å². The topological polar surface area (TPSA) is 44.5 Å². The molecule has 18 heavy (non-hydrogen) atoms. The largest absolute Gasteiger partial charge is 0.494 e. The average Bonchev–Trinajstić information content (AvgIpc) is 2.39. The van der Waals surface area contributed by atoms with Crippen LogP contribution in [0.2, 0.25) is 0 Å². The zero-order valence-electron chi connectivity index (χ0n) is 10.4. The number of hydrogen-bond donors (Lipinski definition) is 1. The smallest absolute Gasteiger partial charge is 0.123 e. The molecule has 0 unspecified atom stereocenters. The first kappa shape index (κ1) is 12.3. The molecule has 0 aliphatic rings. The molecule has 0 saturated carbocycles. The highest BCUT2D eigenvalue weighted by atomic mass is 16.5. The summed E-state index contributed by atoms with van der Waals surface area (Å²) in [5.41, 5.74) is 7.59. The molecule has 0 fully saturated rings. The number of hydrogen-bond acceptors (Lipinski definition) is 3. The van der Waals surface area contributed by atoms with E-state index in [9.17, 15) is 0 Å². The molecular formula is C15H17NO2. The Labute approximate surface area is 107 Å². The highest BCUT2D eigenvalue weighted by Crippen LogP contribution is 2.21. The van der Waals surface area contributed by atoms with Crippen molar-refractivity contribution in [2.45, 2.75) is 13.5 Å². The van der Waals surface area contributed by atoms with E-state index in [0.717, 1.165) is 22.7 Å². The first-order chi connectivity index (χ1) is 8.79. The molecule has 3 heteroatoms. The van der Waals surface area contributed by atoms with Gasteiger partial charge in [0.1, 0.15) is 18.1 Å². The molecule has 0 heterocycles. The minimum absolute atomic E-state index is 0.461. The van der Waals surface area contributed by atoms with E-state index in [2.05, 4.69) is 0 Å². The van der Waals surface area contributed by atoms with Crippen molar-refractivity contribution in [3.8, 4) is 11.5 Å². The van der Waals surface area contributed by atoms with Crippen LogP contribution in [-0.2, 0) is 6.61 Å². The van der Waals surface area contributed by atoms with E-state index < -0.39 is 0 Å². The summed E-state index contributed by atoms with van der Waals surface area (Å²) in [6.45, 7) is 3.07. The third-order valence-electron chi connectivity index (χ3n) is 2.57. The van der Waals surface area contributed by atoms with Crippen molar-refractivity contribution in [1.82, 2.24) is 0 Å². The molecule has 0 atom stereocenters. The molecule has 94 valence electrons. The van der Waals surface area contributed by atoms with Gasteiger partial charge < -0.3 is 15.2 Å². The Morgan fingerprint density at radius 2 is 1.67 bits per heavy atom. The molecule has 0 bridgehead atoms. The summed E-state index contributed by atoms with van der Waals surface area (Å²) in [6.07, 6.45) is 0. The number of nitrogens with two attached hydrogens (primary N) is 1. The fraction of sp³-hybridized carbons (Fsp3) is 0.200. The predicted octanol–water partition coefficient (Wildman–Crippen LogP) is 3.25. The van der Waals surface area contributed by atoms with Gasteiger partial charge in [0.25, 0.3) is 0 Å². The first-order valence-corrected chi connectivity index (χ1v) is 5.98. The maximum atomic E-state index is 5.86. The molecule has 2 rings (SSSR count). The summed E-state index contributed by atoms with van der Waals surface area (Å²) < 4.78 is 11.1. The Balaban J connectivity index is 2.02. The van der Waals surface area contributed by atoms with Gasteiger partial charge in [-0.1, -0.05) is 24.3 Å². The Morgan fingerprint density at radius 1 is 0.944 bits per heavy atom. The summed E-state index contributed by atoms with van der Waals surface area (Å²) in [4.78, 5) is 0. The molecule has 0 aliphatic heterocycles. The van der Waals surface area contributed by atoms with Crippen molar-refractivity contribution < 1.29 is 9.47 Å². The zero-order valence-corrected chi connectivity index (χ0v) is 10.4. The molecule has 0 aliphatic carbocycles. The average molecular weight is 243 g/mol. The standard InChI is InChI=1S/C15H17NO2/c1-2-17-13-7-5-8-14(10-13)18-11-12-6-3-4-9-15(12)16/h3-10H,2,11,16H2,1H3. The van der Waals surface area contributed by atoms with E-state index >= 15 is 0 Å². The lowest BCUT2D eigenvalue weighted by atomic mass is 10.2. The van der Waals surface area contributed by atoms with E-state index in [0.29, 0.717) is 13.2 Å². The number of rotatable bonds is 5. The molecule has 2 aromatic carbocycles. The van der Waals surface area contributed by atoms with E-state index in [-0.39, 0.29) is 0 Å². The van der Waals surface area contributed by atoms with Crippen molar-refractivity contribution in [2.24, 2.45) is 0 Å². The molecule has 2 N–H and O–H groups in total. The molecule has 3 nitrogen and oxygen atoms in total. The fourth-order valence-electron chi connectivity index (χ4n) is 1.65. The van der Waals surface area contributed by atoms with Crippen molar-refractivity contribution in [2.75, 3.05) is 12.3 Å². The van der Waals surface area contributed by atoms with Gasteiger partial charge in [0.2, 0.25) is 0 Å². The normalized spacial score (nSPS) is 10.1. The van der Waals surface area contributed by atoms with Gasteiger partial charge in [0, 0.05) is 17.3 Å². The lowest BCUT2D eigenvalue weighted by Gasteiger charge is -2.09. The van der Waals surface area contributed by atoms with Gasteiger partial charge in [-0.15, -0.1) is 0 Å². The van der Waals surface area contributed by atoms with E-state index in [4.69, 9.17) is 15.2 Å². The maximum Gasteiger partial charge on any atom is 0.123 e. The minimum Gasteiger partial charge on any atom is -0.494 e. The monoisotopic (exact) mass is 243 g/mol. The molecule has 0 spiro atoms. The minimum atomic E-state index is 0.461. The molecule has 0 radical (unpaired) electrons. The summed E-state index contributed by atoms with van der Waals surface area (Å²) in [6, 6.07) is 15.3. The number of para-hydroxylation sites is 1. The van der Waals surface area contributed by atoms with Crippen LogP contribution in [0.15, 0.2) is 48.5 Å². The van der Waals surface area contributed by atoms with Crippen LogP contribution in [0.3, 0.4) is 0 Å². The fourth-order valence-corrected chi connectivity index (χ4v) is 1.65. The Bertz CT molecular complexity index is 511. The number of anilines is 1. The molecule has 2 aromatic rings. The van der Waals surface area contributed by atoms with Crippen LogP contribution in [0.5, 0.6) is 11.5 Å². The lowest BCUT2D eigenvalue weighted by Crippen LogP contribution is -2.00. The van der Waals surface area contributed by atoms with Crippen molar-refractivity contribution in [1.29, 1.82) is 0 Å². The second kappa shape index (κ2) is 5.96. The molecular weight excluding hydrogens is 226 g/mol. The van der Waals surface area contributed by atoms with Crippen molar-refractivity contribution in [3.63, 3.8) is 0 Å². The van der Waals surface area contributed by atoms with Gasteiger partial charge in [-0.05, 0) is 25.1 Å². The third-order valence-corrected chi connectivity index (χ3v) is 2.57. The van der Waals surface area contributed by atoms with Gasteiger partial charge in [0.15, 0.2) is 0 Å². The second-order valence-electron chi connectivity index (χ2n) is 3.90. The summed E-state index contributed by atoms with van der Waals surface area (Å²) in [7, 11) is 0. The highest BCUT2D eigenvalue weighted by Gasteiger charge is 2.00. The molecule has 0 aromatic heterocycles. The van der Waals surface area contributed by atoms with E-state index in [1.54, 1.807) is 0 Å². The van der Waals surface area contributed by atoms with Gasteiger partial charge in [0.05, 0.1) is 6.61 Å². The van der Waals surface area contributed by atoms with Crippen LogP contribution in [0.25, 0.3) is 0 Å². The zero-order chi connectivity index (χ0) is 12.8. The van der Waals surface area contributed by atoms with Crippen LogP contribution in [0.4, 0.5) is 5.69 Å². The van der Waals surface area contributed by atoms with E-state index in [1.165, 1.54) is 0 Å². The predicted molar refractivity (Wildman–Crippen MR) is 72.8 cm³/mol. The quantitative estimate of drug-likeness (QED) is 0.820. The van der Waals surface area contributed by atoms with Crippen molar-refractivity contribution >= 4 is 5.69 Å². The van der Waals surface area contributed by atoms with Crippen LogP contribution in [0, 0.1) is 0 Å². The van der Waals surface area contributed by atoms with Gasteiger partial charge in [-0.25, -0.2) is 0 Å². The summed E-state index contributed by atoms with van der Waals surface area (Å²) in [5.74, 6) is 1.60. The maximum absolute atomic E-state index is 5.86. The van der Waals surface area contributed by atoms with Gasteiger partial charge in [-0.2, -0.15) is 0 Å². The Kier molecular flexibility index (Phi) is 4.07. The number of nitrogen functional groups attached to an aromatic ring is 1. The SMILES string of the molecule is CCOc1cccc(OCc2ccccc2N)c1. The summed E-state index contributed by atoms with van der Waals surface area (Å²) >= 11 is 0. The number of benzene rings is 2. The first-order valence-electron chi connectivity index (χ1n) is 5.98. The van der Waals surface area contributed by atoms with E-state index in [1.807, 2.05) is 55.5 Å². The number of ether oxygens (including phenoxy) is 2. The van der Waals surface area contributed by atoms with Gasteiger partial charge in [-0.3, -0.25) is 0 Å². The van der Waals surface area contributed by atoms with Gasteiger partial charge >= 0.3 is 0 Å². The molecule has 0 saturated heterocycles. The van der Waals surface area contributed by atoms with Crippen molar-refractivity contribution in [3.05, 3.63) is 54.1 Å². The third kappa shape index (κ3) is 3.17. The van der Waals surface area contributed by atoms with Crippen LogP contribution in [0.1, 0.15) is 12.5 Å². The Morgan fingerprint density at radius 3 is 2.39 bits per heavy atom. The molecule has 0 amide bonds.